The van der Waals surface area contributed by atoms with Gasteiger partial charge in [0.1, 0.15) is 5.78 Å². The van der Waals surface area contributed by atoms with Gasteiger partial charge in [0.05, 0.1) is 17.0 Å². The van der Waals surface area contributed by atoms with Crippen LogP contribution in [0.3, 0.4) is 0 Å². The van der Waals surface area contributed by atoms with Crippen LogP contribution < -0.4 is 0 Å². The summed E-state index contributed by atoms with van der Waals surface area (Å²) in [5.74, 6) is 0.551. The second kappa shape index (κ2) is 5.20. The summed E-state index contributed by atoms with van der Waals surface area (Å²) in [5, 5.41) is 1.37. The number of nitrogens with zero attached hydrogens (tertiary/aromatic N) is 3. The molecule has 1 aromatic heterocycles. The minimum Gasteiger partial charge on any atom is -0.348 e. The molecule has 4 aliphatic heterocycles. The van der Waals surface area contributed by atoms with Gasteiger partial charge in [0, 0.05) is 55.4 Å². The van der Waals surface area contributed by atoms with Crippen molar-refractivity contribution >= 4 is 16.7 Å². The van der Waals surface area contributed by atoms with Gasteiger partial charge < -0.3 is 4.57 Å². The quantitative estimate of drug-likeness (QED) is 0.847. The van der Waals surface area contributed by atoms with Crippen LogP contribution >= 0.6 is 0 Å². The lowest BCUT2D eigenvalue weighted by molar-refractivity contribution is -0.204. The molecule has 0 radical (unpaired) electrons. The van der Waals surface area contributed by atoms with Gasteiger partial charge in [-0.3, -0.25) is 14.6 Å². The van der Waals surface area contributed by atoms with E-state index in [0.717, 1.165) is 39.0 Å². The monoisotopic (exact) mass is 351 g/mol. The number of benzene rings is 1. The van der Waals surface area contributed by atoms with E-state index < -0.39 is 0 Å². The lowest BCUT2D eigenvalue weighted by Crippen LogP contribution is -2.76. The minimum atomic E-state index is -0.151. The maximum absolute atomic E-state index is 13.3. The Morgan fingerprint density at radius 3 is 2.08 bits per heavy atom. The molecule has 2 aromatic rings. The molecular formula is C22H29N3O. The molecule has 0 saturated carbocycles. The average Bonchev–Trinajstić information content (AvgIpc) is 2.90. The van der Waals surface area contributed by atoms with E-state index in [4.69, 9.17) is 0 Å². The van der Waals surface area contributed by atoms with Crippen molar-refractivity contribution in [1.82, 2.24) is 14.4 Å². The van der Waals surface area contributed by atoms with Crippen LogP contribution in [0.15, 0.2) is 24.3 Å². The fourth-order valence-electron chi connectivity index (χ4n) is 6.20. The maximum Gasteiger partial charge on any atom is 0.150 e. The van der Waals surface area contributed by atoms with Crippen LogP contribution in [0.4, 0.5) is 0 Å². The van der Waals surface area contributed by atoms with Crippen LogP contribution in [0.1, 0.15) is 44.1 Å². The highest BCUT2D eigenvalue weighted by atomic mass is 16.1. The SMILES string of the molecule is CCC12CN3CC(CC)(CN(C1)C3c1c(C)n(C)c3ccccc13)C2=O. The van der Waals surface area contributed by atoms with E-state index in [2.05, 4.69) is 66.5 Å². The summed E-state index contributed by atoms with van der Waals surface area (Å²) in [6.45, 7) is 10.4. The smallest absolute Gasteiger partial charge is 0.150 e. The van der Waals surface area contributed by atoms with Crippen molar-refractivity contribution in [3.8, 4) is 0 Å². The Balaban J connectivity index is 1.67. The molecule has 26 heavy (non-hydrogen) atoms. The molecule has 1 aromatic carbocycles. The van der Waals surface area contributed by atoms with Gasteiger partial charge in [0.2, 0.25) is 0 Å². The number of Topliss-reactive ketones (excluding diaryl/α,β-unsaturated/α-hetero) is 1. The number of aryl methyl sites for hydroxylation is 1. The standard InChI is InChI=1S/C22H29N3O/c1-5-21-11-24-13-22(6-2,20(21)26)14-25(12-21)19(24)18-15(3)23(4)17-10-8-7-9-16(17)18/h7-10,19H,5-6,11-14H2,1-4H3. The first kappa shape index (κ1) is 16.5. The van der Waals surface area contributed by atoms with Crippen LogP contribution in [0.25, 0.3) is 10.9 Å². The fraction of sp³-hybridized carbons (Fsp3) is 0.591. The van der Waals surface area contributed by atoms with Crippen molar-refractivity contribution in [3.63, 3.8) is 0 Å². The zero-order chi connectivity index (χ0) is 18.3. The molecule has 0 amide bonds. The average molecular weight is 351 g/mol. The van der Waals surface area contributed by atoms with Crippen molar-refractivity contribution in [1.29, 1.82) is 0 Å². The third-order valence-electron chi connectivity index (χ3n) is 7.74. The van der Waals surface area contributed by atoms with Gasteiger partial charge in [-0.1, -0.05) is 32.0 Å². The van der Waals surface area contributed by atoms with E-state index in [9.17, 15) is 4.79 Å². The van der Waals surface area contributed by atoms with Gasteiger partial charge in [0.25, 0.3) is 0 Å². The second-order valence-electron chi connectivity index (χ2n) is 8.86. The van der Waals surface area contributed by atoms with Gasteiger partial charge in [-0.25, -0.2) is 0 Å². The van der Waals surface area contributed by atoms with E-state index in [1.165, 1.54) is 22.2 Å². The van der Waals surface area contributed by atoms with Gasteiger partial charge in [-0.15, -0.1) is 0 Å². The number of carbonyl (C=O) groups excluding carboxylic acids is 1. The Morgan fingerprint density at radius 2 is 1.54 bits per heavy atom. The van der Waals surface area contributed by atoms with Gasteiger partial charge >= 0.3 is 0 Å². The summed E-state index contributed by atoms with van der Waals surface area (Å²) in [5.41, 5.74) is 3.81. The highest BCUT2D eigenvalue weighted by molar-refractivity contribution is 5.94. The third kappa shape index (κ3) is 1.79. The van der Waals surface area contributed by atoms with Crippen molar-refractivity contribution in [2.24, 2.45) is 17.9 Å². The molecule has 4 saturated heterocycles. The Hall–Kier alpha value is -1.65. The van der Waals surface area contributed by atoms with E-state index in [0.29, 0.717) is 11.9 Å². The summed E-state index contributed by atoms with van der Waals surface area (Å²) in [6, 6.07) is 8.76. The van der Waals surface area contributed by atoms with Crippen LogP contribution in [0, 0.1) is 17.8 Å². The molecule has 6 rings (SSSR count). The summed E-state index contributed by atoms with van der Waals surface area (Å²) in [4.78, 5) is 18.6. The van der Waals surface area contributed by atoms with Crippen molar-refractivity contribution < 1.29 is 4.79 Å². The van der Waals surface area contributed by atoms with Gasteiger partial charge in [-0.05, 0) is 25.8 Å². The largest absolute Gasteiger partial charge is 0.348 e. The predicted molar refractivity (Wildman–Crippen MR) is 104 cm³/mol. The van der Waals surface area contributed by atoms with Gasteiger partial charge in [0.15, 0.2) is 0 Å². The Bertz CT molecular complexity index is 869. The van der Waals surface area contributed by atoms with Crippen molar-refractivity contribution in [2.45, 2.75) is 39.8 Å². The van der Waals surface area contributed by atoms with E-state index in [1.807, 2.05) is 0 Å². The lowest BCUT2D eigenvalue weighted by atomic mass is 9.58. The molecule has 5 heterocycles. The molecule has 0 spiro atoms. The first-order chi connectivity index (χ1) is 12.5. The molecule has 4 bridgehead atoms. The zero-order valence-corrected chi connectivity index (χ0v) is 16.4. The number of carbonyl (C=O) groups is 1. The number of aromatic nitrogens is 1. The maximum atomic E-state index is 13.3. The summed E-state index contributed by atoms with van der Waals surface area (Å²) < 4.78 is 2.33. The Morgan fingerprint density at radius 1 is 1.00 bits per heavy atom. The van der Waals surface area contributed by atoms with Crippen molar-refractivity contribution in [3.05, 3.63) is 35.5 Å². The topological polar surface area (TPSA) is 28.5 Å². The van der Waals surface area contributed by atoms with Gasteiger partial charge in [-0.2, -0.15) is 0 Å². The highest BCUT2D eigenvalue weighted by Crippen LogP contribution is 2.55. The number of hydrogen-bond donors (Lipinski definition) is 0. The number of para-hydroxylation sites is 1. The Kier molecular flexibility index (Phi) is 3.31. The normalized spacial score (nSPS) is 38.5. The lowest BCUT2D eigenvalue weighted by Gasteiger charge is -2.66. The molecule has 4 fully saturated rings. The predicted octanol–water partition coefficient (Wildman–Crippen LogP) is 3.49. The summed E-state index contributed by atoms with van der Waals surface area (Å²) in [7, 11) is 2.17. The first-order valence-electron chi connectivity index (χ1n) is 10.0. The molecule has 4 nitrogen and oxygen atoms in total. The number of rotatable bonds is 3. The summed E-state index contributed by atoms with van der Waals surface area (Å²) in [6.07, 6.45) is 2.23. The molecule has 0 atom stereocenters. The second-order valence-corrected chi connectivity index (χ2v) is 8.86. The fourth-order valence-corrected chi connectivity index (χ4v) is 6.20. The first-order valence-corrected chi connectivity index (χ1v) is 10.0. The number of fused-ring (bicyclic) bond motifs is 1. The van der Waals surface area contributed by atoms with Crippen LogP contribution in [0.5, 0.6) is 0 Å². The Labute approximate surface area is 155 Å². The number of hydrogen-bond acceptors (Lipinski definition) is 3. The molecular weight excluding hydrogens is 322 g/mol. The van der Waals surface area contributed by atoms with E-state index in [1.54, 1.807) is 0 Å². The third-order valence-corrected chi connectivity index (χ3v) is 7.74. The molecule has 0 N–H and O–H groups in total. The van der Waals surface area contributed by atoms with Crippen LogP contribution in [-0.2, 0) is 11.8 Å². The zero-order valence-electron chi connectivity index (χ0n) is 16.4. The van der Waals surface area contributed by atoms with Crippen LogP contribution in [0.2, 0.25) is 0 Å². The molecule has 0 aliphatic carbocycles. The van der Waals surface area contributed by atoms with Crippen molar-refractivity contribution in [2.75, 3.05) is 26.2 Å². The summed E-state index contributed by atoms with van der Waals surface area (Å²) >= 11 is 0. The molecule has 138 valence electrons. The number of ketones is 1. The van der Waals surface area contributed by atoms with E-state index in [-0.39, 0.29) is 10.8 Å². The van der Waals surface area contributed by atoms with E-state index >= 15 is 0 Å². The molecule has 4 heteroatoms. The van der Waals surface area contributed by atoms with Crippen LogP contribution in [-0.4, -0.2) is 46.3 Å². The molecule has 4 aliphatic rings. The molecule has 0 unspecified atom stereocenters. The minimum absolute atomic E-state index is 0.151. The number of piperidine rings is 2. The highest BCUT2D eigenvalue weighted by Gasteiger charge is 2.64.